The third-order valence-corrected chi connectivity index (χ3v) is 9.70. The number of alkyl halides is 3. The van der Waals surface area contributed by atoms with Crippen LogP contribution >= 0.6 is 0 Å². The summed E-state index contributed by atoms with van der Waals surface area (Å²) in [5.74, 6) is -0.434. The molecule has 6 nitrogen and oxygen atoms in total. The van der Waals surface area contributed by atoms with Crippen molar-refractivity contribution in [3.63, 3.8) is 0 Å². The van der Waals surface area contributed by atoms with Gasteiger partial charge in [0.2, 0.25) is 0 Å². The van der Waals surface area contributed by atoms with Crippen LogP contribution < -0.4 is 5.32 Å². The zero-order chi connectivity index (χ0) is 28.4. The van der Waals surface area contributed by atoms with Gasteiger partial charge >= 0.3 is 6.18 Å². The molecule has 212 valence electrons. The van der Waals surface area contributed by atoms with Gasteiger partial charge in [-0.15, -0.1) is 0 Å². The summed E-state index contributed by atoms with van der Waals surface area (Å²) < 4.78 is 65.5. The molecule has 1 N–H and O–H groups in total. The number of hydrogen-bond donors (Lipinski definition) is 1. The van der Waals surface area contributed by atoms with Gasteiger partial charge in [0.15, 0.2) is 9.84 Å². The average Bonchev–Trinajstić information content (AvgIpc) is 3.28. The number of aromatic nitrogens is 2. The number of carbonyl (C=O) groups excluding carboxylic acids is 1. The highest BCUT2D eigenvalue weighted by atomic mass is 32.2. The predicted octanol–water partition coefficient (Wildman–Crippen LogP) is 6.64. The highest BCUT2D eigenvalue weighted by Gasteiger charge is 2.41. The molecule has 1 atom stereocenters. The van der Waals surface area contributed by atoms with Crippen molar-refractivity contribution < 1.29 is 26.4 Å². The Balaban J connectivity index is 1.48. The first-order chi connectivity index (χ1) is 18.4. The Morgan fingerprint density at radius 2 is 1.74 bits per heavy atom. The minimum absolute atomic E-state index is 0.0270. The number of benzene rings is 2. The lowest BCUT2D eigenvalue weighted by Gasteiger charge is -2.30. The van der Waals surface area contributed by atoms with Gasteiger partial charge in [0.1, 0.15) is 5.82 Å². The van der Waals surface area contributed by atoms with E-state index in [1.807, 2.05) is 6.07 Å². The minimum Gasteiger partial charge on any atom is -0.348 e. The molecule has 2 aromatic carbocycles. The molecule has 0 radical (unpaired) electrons. The molecule has 39 heavy (non-hydrogen) atoms. The molecule has 1 unspecified atom stereocenters. The third kappa shape index (κ3) is 6.65. The van der Waals surface area contributed by atoms with Crippen LogP contribution in [0.15, 0.2) is 47.4 Å². The molecular formula is C29H36F3N3O3S. The van der Waals surface area contributed by atoms with E-state index in [0.717, 1.165) is 23.3 Å². The first-order valence-electron chi connectivity index (χ1n) is 13.6. The smallest absolute Gasteiger partial charge is 0.348 e. The number of hydrogen-bond acceptors (Lipinski definition) is 4. The van der Waals surface area contributed by atoms with Crippen molar-refractivity contribution in [3.05, 3.63) is 59.4 Å². The second-order valence-corrected chi connectivity index (χ2v) is 12.8. The standard InChI is InChI=1S/C29H36F3N3O3S/c1-4-19(3)35-26-15-10-22(28(36)33-18-21-8-13-24(14-9-21)39(37,38)5-2)17-25(26)34-27(35)16-20-6-11-23(12-7-20)29(30,31)32/h8-10,13-15,17,19-20,23H,4-7,11-12,16,18H2,1-3H3,(H,33,36). The van der Waals surface area contributed by atoms with Crippen molar-refractivity contribution in [2.24, 2.45) is 11.8 Å². The highest BCUT2D eigenvalue weighted by Crippen LogP contribution is 2.40. The quantitative estimate of drug-likeness (QED) is 0.316. The molecule has 0 aliphatic heterocycles. The van der Waals surface area contributed by atoms with E-state index in [4.69, 9.17) is 4.98 Å². The summed E-state index contributed by atoms with van der Waals surface area (Å²) in [6, 6.07) is 12.0. The first-order valence-corrected chi connectivity index (χ1v) is 15.3. The van der Waals surface area contributed by atoms with Crippen LogP contribution in [0.25, 0.3) is 11.0 Å². The number of nitrogens with zero attached hydrogens (tertiary/aromatic N) is 2. The third-order valence-electron chi connectivity index (χ3n) is 7.95. The number of nitrogens with one attached hydrogen (secondary N) is 1. The van der Waals surface area contributed by atoms with Crippen LogP contribution in [0.4, 0.5) is 13.2 Å². The second-order valence-electron chi connectivity index (χ2n) is 10.6. The van der Waals surface area contributed by atoms with E-state index in [1.54, 1.807) is 43.3 Å². The lowest BCUT2D eigenvalue weighted by molar-refractivity contribution is -0.183. The summed E-state index contributed by atoms with van der Waals surface area (Å²) >= 11 is 0. The Bertz CT molecular complexity index is 1410. The molecule has 1 fully saturated rings. The highest BCUT2D eigenvalue weighted by molar-refractivity contribution is 7.91. The normalized spacial score (nSPS) is 19.2. The van der Waals surface area contributed by atoms with E-state index in [2.05, 4.69) is 23.7 Å². The Morgan fingerprint density at radius 3 is 2.33 bits per heavy atom. The van der Waals surface area contributed by atoms with Crippen molar-refractivity contribution in [2.75, 3.05) is 5.75 Å². The van der Waals surface area contributed by atoms with E-state index in [-0.39, 0.29) is 47.9 Å². The number of imidazole rings is 1. The van der Waals surface area contributed by atoms with Crippen LogP contribution in [0.3, 0.4) is 0 Å². The predicted molar refractivity (Wildman–Crippen MR) is 145 cm³/mol. The summed E-state index contributed by atoms with van der Waals surface area (Å²) in [6.07, 6.45) is -1.22. The monoisotopic (exact) mass is 563 g/mol. The van der Waals surface area contributed by atoms with Crippen molar-refractivity contribution in [1.29, 1.82) is 0 Å². The zero-order valence-electron chi connectivity index (χ0n) is 22.6. The van der Waals surface area contributed by atoms with Gasteiger partial charge in [-0.2, -0.15) is 13.2 Å². The number of fused-ring (bicyclic) bond motifs is 1. The van der Waals surface area contributed by atoms with Gasteiger partial charge in [-0.1, -0.05) is 26.0 Å². The van der Waals surface area contributed by atoms with Gasteiger partial charge in [0, 0.05) is 24.6 Å². The summed E-state index contributed by atoms with van der Waals surface area (Å²) in [4.78, 5) is 18.0. The lowest BCUT2D eigenvalue weighted by atomic mass is 9.80. The first kappa shape index (κ1) is 29.1. The van der Waals surface area contributed by atoms with E-state index in [9.17, 15) is 26.4 Å². The topological polar surface area (TPSA) is 81.1 Å². The molecule has 1 heterocycles. The fraction of sp³-hybridized carbons (Fsp3) is 0.517. The maximum absolute atomic E-state index is 13.1. The van der Waals surface area contributed by atoms with E-state index < -0.39 is 21.9 Å². The van der Waals surface area contributed by atoms with Gasteiger partial charge in [-0.05, 0) is 80.8 Å². The maximum atomic E-state index is 13.1. The van der Waals surface area contributed by atoms with Crippen LogP contribution in [0.2, 0.25) is 0 Å². The SMILES string of the molecule is CCC(C)n1c(CC2CCC(C(F)(F)F)CC2)nc2cc(C(=O)NCc3ccc(S(=O)(=O)CC)cc3)ccc21. The Hall–Kier alpha value is -2.88. The molecular weight excluding hydrogens is 527 g/mol. The molecule has 0 spiro atoms. The number of halogens is 3. The summed E-state index contributed by atoms with van der Waals surface area (Å²) in [5, 5.41) is 2.87. The van der Waals surface area contributed by atoms with Gasteiger partial charge in [-0.3, -0.25) is 4.79 Å². The molecule has 4 rings (SSSR count). The Labute approximate surface area is 227 Å². The molecule has 3 aromatic rings. The molecule has 10 heteroatoms. The van der Waals surface area contributed by atoms with Crippen LogP contribution in [0, 0.1) is 11.8 Å². The average molecular weight is 564 g/mol. The molecule has 1 aliphatic carbocycles. The number of carbonyl (C=O) groups is 1. The van der Waals surface area contributed by atoms with E-state index in [0.29, 0.717) is 30.3 Å². The van der Waals surface area contributed by atoms with Crippen LogP contribution in [-0.4, -0.2) is 35.8 Å². The van der Waals surface area contributed by atoms with Crippen molar-refractivity contribution in [1.82, 2.24) is 14.9 Å². The van der Waals surface area contributed by atoms with E-state index in [1.165, 1.54) is 0 Å². The minimum atomic E-state index is -4.12. The Morgan fingerprint density at radius 1 is 1.08 bits per heavy atom. The van der Waals surface area contributed by atoms with Gasteiger partial charge in [-0.25, -0.2) is 13.4 Å². The lowest BCUT2D eigenvalue weighted by Crippen LogP contribution is -2.28. The van der Waals surface area contributed by atoms with E-state index >= 15 is 0 Å². The maximum Gasteiger partial charge on any atom is 0.391 e. The molecule has 1 aliphatic rings. The largest absolute Gasteiger partial charge is 0.391 e. The van der Waals surface area contributed by atoms with Crippen molar-refractivity contribution >= 4 is 26.8 Å². The number of rotatable bonds is 9. The zero-order valence-corrected chi connectivity index (χ0v) is 23.4. The number of sulfone groups is 1. The molecule has 1 aromatic heterocycles. The fourth-order valence-corrected chi connectivity index (χ4v) is 6.21. The molecule has 1 amide bonds. The molecule has 1 saturated carbocycles. The summed E-state index contributed by atoms with van der Waals surface area (Å²) in [7, 11) is -3.28. The summed E-state index contributed by atoms with van der Waals surface area (Å²) in [5.41, 5.74) is 2.84. The molecule has 0 saturated heterocycles. The fourth-order valence-electron chi connectivity index (χ4n) is 5.33. The van der Waals surface area contributed by atoms with Gasteiger partial charge < -0.3 is 9.88 Å². The summed E-state index contributed by atoms with van der Waals surface area (Å²) in [6.45, 7) is 6.03. The van der Waals surface area contributed by atoms with Crippen LogP contribution in [-0.2, 0) is 22.8 Å². The Kier molecular flexibility index (Phi) is 8.73. The van der Waals surface area contributed by atoms with Gasteiger partial charge in [0.25, 0.3) is 5.91 Å². The molecule has 0 bridgehead atoms. The van der Waals surface area contributed by atoms with Crippen LogP contribution in [0.5, 0.6) is 0 Å². The number of amides is 1. The van der Waals surface area contributed by atoms with Crippen molar-refractivity contribution in [3.8, 4) is 0 Å². The van der Waals surface area contributed by atoms with Crippen LogP contribution in [0.1, 0.15) is 80.7 Å². The second kappa shape index (κ2) is 11.7. The van der Waals surface area contributed by atoms with Gasteiger partial charge in [0.05, 0.1) is 27.6 Å². The van der Waals surface area contributed by atoms with Crippen molar-refractivity contribution in [2.45, 2.75) is 83.0 Å².